The molecule has 2 aromatic carbocycles. The van der Waals surface area contributed by atoms with Crippen LogP contribution in [0.1, 0.15) is 28.7 Å². The van der Waals surface area contributed by atoms with E-state index in [2.05, 4.69) is 0 Å². The second-order valence-electron chi connectivity index (χ2n) is 5.21. The van der Waals surface area contributed by atoms with Crippen LogP contribution in [0.2, 0.25) is 0 Å². The number of aliphatic hydroxyl groups excluding tert-OH is 1. The van der Waals surface area contributed by atoms with Crippen LogP contribution in [0.25, 0.3) is 6.08 Å². The van der Waals surface area contributed by atoms with E-state index in [0.29, 0.717) is 0 Å². The Kier molecular flexibility index (Phi) is 3.94. The third-order valence-corrected chi connectivity index (χ3v) is 3.84. The number of benzene rings is 2. The molecule has 1 aliphatic rings. The van der Waals surface area contributed by atoms with Gasteiger partial charge in [0.2, 0.25) is 0 Å². The highest BCUT2D eigenvalue weighted by atomic mass is 16.5. The van der Waals surface area contributed by atoms with Gasteiger partial charge < -0.3 is 14.9 Å². The molecule has 1 aliphatic heterocycles. The van der Waals surface area contributed by atoms with E-state index in [9.17, 15) is 15.0 Å². The van der Waals surface area contributed by atoms with Gasteiger partial charge in [-0.05, 0) is 41.5 Å². The first-order valence-electron chi connectivity index (χ1n) is 7.05. The van der Waals surface area contributed by atoms with Crippen LogP contribution in [-0.4, -0.2) is 23.1 Å². The number of phenolic OH excluding ortho intramolecular Hbond substituents is 1. The van der Waals surface area contributed by atoms with Crippen molar-refractivity contribution in [2.45, 2.75) is 12.0 Å². The molecule has 0 saturated carbocycles. The Labute approximate surface area is 128 Å². The van der Waals surface area contributed by atoms with Crippen molar-refractivity contribution in [3.63, 3.8) is 0 Å². The largest absolute Gasteiger partial charge is 0.508 e. The minimum absolute atomic E-state index is 0.0423. The summed E-state index contributed by atoms with van der Waals surface area (Å²) < 4.78 is 5.96. The van der Waals surface area contributed by atoms with E-state index in [-0.39, 0.29) is 24.4 Å². The fraction of sp³-hybridized carbons (Fsp3) is 0.167. The Hall–Kier alpha value is -2.59. The van der Waals surface area contributed by atoms with Crippen molar-refractivity contribution in [2.75, 3.05) is 6.61 Å². The van der Waals surface area contributed by atoms with Crippen LogP contribution in [0, 0.1) is 0 Å². The molecule has 2 N–H and O–H groups in total. The summed E-state index contributed by atoms with van der Waals surface area (Å²) in [5.74, 6) is 0.755. The quantitative estimate of drug-likeness (QED) is 0.672. The Morgan fingerprint density at radius 1 is 1.14 bits per heavy atom. The predicted octanol–water partition coefficient (Wildman–Crippen LogP) is 2.81. The molecule has 3 rings (SSSR count). The Morgan fingerprint density at radius 3 is 2.59 bits per heavy atom. The summed E-state index contributed by atoms with van der Waals surface area (Å²) in [5.41, 5.74) is 2.71. The van der Waals surface area contributed by atoms with Gasteiger partial charge in [0.1, 0.15) is 23.9 Å². The zero-order chi connectivity index (χ0) is 15.5. The molecule has 0 radical (unpaired) electrons. The molecular formula is C18H16O4. The molecule has 112 valence electrons. The highest BCUT2D eigenvalue weighted by Gasteiger charge is 2.35. The summed E-state index contributed by atoms with van der Waals surface area (Å²) in [6.07, 6.45) is 3.59. The average Bonchev–Trinajstić information content (AvgIpc) is 2.91. The highest BCUT2D eigenvalue weighted by Crippen LogP contribution is 2.46. The van der Waals surface area contributed by atoms with Crippen LogP contribution in [0.5, 0.6) is 11.5 Å². The van der Waals surface area contributed by atoms with Gasteiger partial charge >= 0.3 is 0 Å². The van der Waals surface area contributed by atoms with Crippen LogP contribution in [0.15, 0.2) is 48.5 Å². The van der Waals surface area contributed by atoms with E-state index in [1.165, 1.54) is 6.08 Å². The second kappa shape index (κ2) is 6.03. The molecule has 0 amide bonds. The van der Waals surface area contributed by atoms with Gasteiger partial charge in [-0.3, -0.25) is 4.79 Å². The number of fused-ring (bicyclic) bond motifs is 1. The maximum atomic E-state index is 10.4. The Bertz CT molecular complexity index is 704. The van der Waals surface area contributed by atoms with Crippen LogP contribution < -0.4 is 4.74 Å². The number of rotatable bonds is 4. The molecule has 1 heterocycles. The SMILES string of the molecule is O=CC=Cc1ccc2c(c1)C(CO)C(c1ccc(O)cc1)O2. The van der Waals surface area contributed by atoms with E-state index >= 15 is 0 Å². The van der Waals surface area contributed by atoms with E-state index in [0.717, 1.165) is 28.7 Å². The average molecular weight is 296 g/mol. The van der Waals surface area contributed by atoms with Crippen molar-refractivity contribution in [1.82, 2.24) is 0 Å². The summed E-state index contributed by atoms with van der Waals surface area (Å²) >= 11 is 0. The monoisotopic (exact) mass is 296 g/mol. The normalized spacial score (nSPS) is 19.9. The number of aliphatic hydroxyl groups is 1. The van der Waals surface area contributed by atoms with Crippen molar-refractivity contribution in [2.24, 2.45) is 0 Å². The number of allylic oxidation sites excluding steroid dienone is 1. The number of carbonyl (C=O) groups excluding carboxylic acids is 1. The predicted molar refractivity (Wildman–Crippen MR) is 82.8 cm³/mol. The summed E-state index contributed by atoms with van der Waals surface area (Å²) in [4.78, 5) is 10.4. The van der Waals surface area contributed by atoms with Gasteiger partial charge in [-0.2, -0.15) is 0 Å². The van der Waals surface area contributed by atoms with Crippen LogP contribution in [0.4, 0.5) is 0 Å². The lowest BCUT2D eigenvalue weighted by atomic mass is 9.91. The van der Waals surface area contributed by atoms with E-state index in [1.54, 1.807) is 30.3 Å². The van der Waals surface area contributed by atoms with Crippen LogP contribution in [-0.2, 0) is 4.79 Å². The number of carbonyl (C=O) groups is 1. The van der Waals surface area contributed by atoms with Crippen molar-refractivity contribution in [3.05, 3.63) is 65.2 Å². The summed E-state index contributed by atoms with van der Waals surface area (Å²) in [7, 11) is 0. The van der Waals surface area contributed by atoms with Gasteiger partial charge in [-0.25, -0.2) is 0 Å². The molecule has 4 heteroatoms. The molecule has 0 bridgehead atoms. The number of hydrogen-bond donors (Lipinski definition) is 2. The minimum Gasteiger partial charge on any atom is -0.508 e. The topological polar surface area (TPSA) is 66.8 Å². The van der Waals surface area contributed by atoms with Gasteiger partial charge in [-0.1, -0.05) is 24.3 Å². The lowest BCUT2D eigenvalue weighted by molar-refractivity contribution is -0.104. The van der Waals surface area contributed by atoms with Gasteiger partial charge in [0, 0.05) is 5.56 Å². The lowest BCUT2D eigenvalue weighted by Crippen LogP contribution is -2.13. The molecule has 4 nitrogen and oxygen atoms in total. The molecular weight excluding hydrogens is 280 g/mol. The lowest BCUT2D eigenvalue weighted by Gasteiger charge is -2.17. The van der Waals surface area contributed by atoms with Crippen molar-refractivity contribution < 1.29 is 19.7 Å². The smallest absolute Gasteiger partial charge is 0.142 e. The van der Waals surface area contributed by atoms with Gasteiger partial charge in [0.05, 0.1) is 12.5 Å². The summed E-state index contributed by atoms with van der Waals surface area (Å²) in [6.45, 7) is -0.0423. The Balaban J connectivity index is 1.95. The number of aromatic hydroxyl groups is 1. The van der Waals surface area contributed by atoms with Crippen molar-refractivity contribution in [1.29, 1.82) is 0 Å². The zero-order valence-corrected chi connectivity index (χ0v) is 11.8. The molecule has 0 saturated heterocycles. The molecule has 0 fully saturated rings. The van der Waals surface area contributed by atoms with Crippen molar-refractivity contribution in [3.8, 4) is 11.5 Å². The summed E-state index contributed by atoms with van der Waals surface area (Å²) in [5, 5.41) is 19.2. The first-order valence-corrected chi connectivity index (χ1v) is 7.05. The van der Waals surface area contributed by atoms with Crippen LogP contribution in [0.3, 0.4) is 0 Å². The molecule has 0 aliphatic carbocycles. The molecule has 2 atom stereocenters. The second-order valence-corrected chi connectivity index (χ2v) is 5.21. The standard InChI is InChI=1S/C18H16O4/c19-9-1-2-12-3-8-17-15(10-12)16(11-20)18(22-17)13-4-6-14(21)7-5-13/h1-10,16,18,20-21H,11H2. The van der Waals surface area contributed by atoms with Crippen LogP contribution >= 0.6 is 0 Å². The van der Waals surface area contributed by atoms with E-state index < -0.39 is 0 Å². The highest BCUT2D eigenvalue weighted by molar-refractivity contribution is 5.74. The molecule has 0 aromatic heterocycles. The van der Waals surface area contributed by atoms with Gasteiger partial charge in [0.15, 0.2) is 0 Å². The van der Waals surface area contributed by atoms with Gasteiger partial charge in [0.25, 0.3) is 0 Å². The fourth-order valence-corrected chi connectivity index (χ4v) is 2.76. The van der Waals surface area contributed by atoms with E-state index in [1.807, 2.05) is 18.2 Å². The first-order chi connectivity index (χ1) is 10.7. The third kappa shape index (κ3) is 2.61. The first kappa shape index (κ1) is 14.4. The maximum Gasteiger partial charge on any atom is 0.142 e. The number of aldehydes is 1. The number of ether oxygens (including phenoxy) is 1. The third-order valence-electron chi connectivity index (χ3n) is 3.84. The van der Waals surface area contributed by atoms with Crippen molar-refractivity contribution >= 4 is 12.4 Å². The minimum atomic E-state index is -0.286. The molecule has 22 heavy (non-hydrogen) atoms. The number of hydrogen-bond acceptors (Lipinski definition) is 4. The Morgan fingerprint density at radius 2 is 1.91 bits per heavy atom. The maximum absolute atomic E-state index is 10.4. The molecule has 0 spiro atoms. The fourth-order valence-electron chi connectivity index (χ4n) is 2.76. The van der Waals surface area contributed by atoms with E-state index in [4.69, 9.17) is 4.74 Å². The summed E-state index contributed by atoms with van der Waals surface area (Å²) in [6, 6.07) is 12.4. The molecule has 2 unspecified atom stereocenters. The zero-order valence-electron chi connectivity index (χ0n) is 11.8. The van der Waals surface area contributed by atoms with Gasteiger partial charge in [-0.15, -0.1) is 0 Å². The number of phenols is 1. The molecule has 2 aromatic rings.